The van der Waals surface area contributed by atoms with Crippen LogP contribution in [-0.2, 0) is 0 Å². The van der Waals surface area contributed by atoms with Crippen LogP contribution in [0.25, 0.3) is 0 Å². The number of nitrogens with one attached hydrogen (secondary N) is 2. The standard InChI is InChI=1S/C14H18Cl2N2O/c15-11-6-12(16)8-13(7-11)18-14(19)17-9-10-4-2-1-3-5-10/h6-8,10H,1-5,9H2,(H2,17,18,19). The van der Waals surface area contributed by atoms with Crippen LogP contribution in [0.2, 0.25) is 10.0 Å². The molecule has 0 unspecified atom stereocenters. The second-order valence-corrected chi connectivity index (χ2v) is 5.87. The van der Waals surface area contributed by atoms with Gasteiger partial charge in [0.05, 0.1) is 0 Å². The second kappa shape index (κ2) is 7.01. The highest BCUT2D eigenvalue weighted by Crippen LogP contribution is 2.23. The predicted molar refractivity (Wildman–Crippen MR) is 80.1 cm³/mol. The molecule has 0 radical (unpaired) electrons. The molecule has 2 N–H and O–H groups in total. The van der Waals surface area contributed by atoms with Crippen molar-refractivity contribution in [3.8, 4) is 0 Å². The molecule has 19 heavy (non-hydrogen) atoms. The van der Waals surface area contributed by atoms with Crippen molar-refractivity contribution in [2.45, 2.75) is 32.1 Å². The molecule has 1 aromatic rings. The number of benzene rings is 1. The van der Waals surface area contributed by atoms with Gasteiger partial charge in [-0.1, -0.05) is 42.5 Å². The number of hydrogen-bond donors (Lipinski definition) is 2. The fourth-order valence-corrected chi connectivity index (χ4v) is 2.96. The number of carbonyl (C=O) groups excluding carboxylic acids is 1. The summed E-state index contributed by atoms with van der Waals surface area (Å²) in [5.74, 6) is 0.613. The van der Waals surface area contributed by atoms with Gasteiger partial charge in [0.1, 0.15) is 0 Å². The van der Waals surface area contributed by atoms with Gasteiger partial charge < -0.3 is 10.6 Å². The molecule has 0 saturated heterocycles. The van der Waals surface area contributed by atoms with E-state index in [1.165, 1.54) is 32.1 Å². The minimum atomic E-state index is -0.205. The number of hydrogen-bond acceptors (Lipinski definition) is 1. The third-order valence-corrected chi connectivity index (χ3v) is 3.83. The zero-order valence-corrected chi connectivity index (χ0v) is 12.2. The summed E-state index contributed by atoms with van der Waals surface area (Å²) in [6.45, 7) is 0.736. The molecular weight excluding hydrogens is 283 g/mol. The van der Waals surface area contributed by atoms with Gasteiger partial charge in [-0.3, -0.25) is 0 Å². The van der Waals surface area contributed by atoms with Gasteiger partial charge in [-0.05, 0) is 37.0 Å². The fourth-order valence-electron chi connectivity index (χ4n) is 2.43. The van der Waals surface area contributed by atoms with Crippen LogP contribution in [0.5, 0.6) is 0 Å². The summed E-state index contributed by atoms with van der Waals surface area (Å²) in [6, 6.07) is 4.78. The SMILES string of the molecule is O=C(NCC1CCCCC1)Nc1cc(Cl)cc(Cl)c1. The molecule has 104 valence electrons. The van der Waals surface area contributed by atoms with Gasteiger partial charge in [0.15, 0.2) is 0 Å². The molecule has 1 aliphatic rings. The van der Waals surface area contributed by atoms with E-state index in [1.54, 1.807) is 18.2 Å². The highest BCUT2D eigenvalue weighted by atomic mass is 35.5. The van der Waals surface area contributed by atoms with Crippen LogP contribution >= 0.6 is 23.2 Å². The minimum Gasteiger partial charge on any atom is -0.338 e. The first-order valence-corrected chi connectivity index (χ1v) is 7.40. The molecule has 1 fully saturated rings. The van der Waals surface area contributed by atoms with Crippen LogP contribution in [0.1, 0.15) is 32.1 Å². The van der Waals surface area contributed by atoms with Gasteiger partial charge in [-0.2, -0.15) is 0 Å². The van der Waals surface area contributed by atoms with E-state index in [9.17, 15) is 4.79 Å². The van der Waals surface area contributed by atoms with E-state index in [2.05, 4.69) is 10.6 Å². The van der Waals surface area contributed by atoms with E-state index in [1.807, 2.05) is 0 Å². The maximum absolute atomic E-state index is 11.8. The Labute approximate surface area is 123 Å². The van der Waals surface area contributed by atoms with Crippen LogP contribution in [0, 0.1) is 5.92 Å². The second-order valence-electron chi connectivity index (χ2n) is 5.00. The third-order valence-electron chi connectivity index (χ3n) is 3.40. The molecular formula is C14H18Cl2N2O. The van der Waals surface area contributed by atoms with Crippen molar-refractivity contribution in [2.75, 3.05) is 11.9 Å². The lowest BCUT2D eigenvalue weighted by Crippen LogP contribution is -2.33. The quantitative estimate of drug-likeness (QED) is 0.835. The van der Waals surface area contributed by atoms with Crippen molar-refractivity contribution in [3.63, 3.8) is 0 Å². The molecule has 0 spiro atoms. The van der Waals surface area contributed by atoms with Crippen molar-refractivity contribution < 1.29 is 4.79 Å². The topological polar surface area (TPSA) is 41.1 Å². The van der Waals surface area contributed by atoms with Crippen molar-refractivity contribution >= 4 is 34.9 Å². The van der Waals surface area contributed by atoms with E-state index in [-0.39, 0.29) is 6.03 Å². The lowest BCUT2D eigenvalue weighted by molar-refractivity contribution is 0.247. The minimum absolute atomic E-state index is 0.205. The van der Waals surface area contributed by atoms with E-state index in [4.69, 9.17) is 23.2 Å². The average Bonchev–Trinajstić information content (AvgIpc) is 2.36. The number of amides is 2. The van der Waals surface area contributed by atoms with Gasteiger partial charge in [-0.25, -0.2) is 4.79 Å². The largest absolute Gasteiger partial charge is 0.338 e. The number of carbonyl (C=O) groups is 1. The Hall–Kier alpha value is -0.930. The van der Waals surface area contributed by atoms with Crippen LogP contribution in [-0.4, -0.2) is 12.6 Å². The first kappa shape index (κ1) is 14.5. The molecule has 0 atom stereocenters. The molecule has 0 aliphatic heterocycles. The van der Waals surface area contributed by atoms with Gasteiger partial charge >= 0.3 is 6.03 Å². The monoisotopic (exact) mass is 300 g/mol. The Balaban J connectivity index is 1.80. The summed E-state index contributed by atoms with van der Waals surface area (Å²) < 4.78 is 0. The molecule has 2 rings (SSSR count). The van der Waals surface area contributed by atoms with Gasteiger partial charge in [-0.15, -0.1) is 0 Å². The van der Waals surface area contributed by atoms with E-state index < -0.39 is 0 Å². The Morgan fingerprint density at radius 2 is 1.74 bits per heavy atom. The summed E-state index contributed by atoms with van der Waals surface area (Å²) in [5.41, 5.74) is 0.610. The van der Waals surface area contributed by atoms with E-state index >= 15 is 0 Å². The summed E-state index contributed by atoms with van der Waals surface area (Å²) >= 11 is 11.8. The van der Waals surface area contributed by atoms with Crippen molar-refractivity contribution in [1.29, 1.82) is 0 Å². The average molecular weight is 301 g/mol. The highest BCUT2D eigenvalue weighted by molar-refractivity contribution is 6.35. The fraction of sp³-hybridized carbons (Fsp3) is 0.500. The molecule has 1 aromatic carbocycles. The maximum Gasteiger partial charge on any atom is 0.319 e. The zero-order chi connectivity index (χ0) is 13.7. The van der Waals surface area contributed by atoms with Crippen LogP contribution < -0.4 is 10.6 Å². The number of urea groups is 1. The Morgan fingerprint density at radius 3 is 2.37 bits per heavy atom. The lowest BCUT2D eigenvalue weighted by Gasteiger charge is -2.21. The summed E-state index contributed by atoms with van der Waals surface area (Å²) in [4.78, 5) is 11.8. The van der Waals surface area contributed by atoms with Crippen LogP contribution in [0.4, 0.5) is 10.5 Å². The molecule has 0 heterocycles. The van der Waals surface area contributed by atoms with Gasteiger partial charge in [0.2, 0.25) is 0 Å². The summed E-state index contributed by atoms with van der Waals surface area (Å²) in [6.07, 6.45) is 6.30. The number of anilines is 1. The molecule has 3 nitrogen and oxygen atoms in total. The van der Waals surface area contributed by atoms with Crippen molar-refractivity contribution in [2.24, 2.45) is 5.92 Å². The van der Waals surface area contributed by atoms with E-state index in [0.717, 1.165) is 6.54 Å². The molecule has 2 amide bonds. The molecule has 1 aliphatic carbocycles. The van der Waals surface area contributed by atoms with E-state index in [0.29, 0.717) is 21.7 Å². The first-order chi connectivity index (χ1) is 9.13. The summed E-state index contributed by atoms with van der Waals surface area (Å²) in [7, 11) is 0. The van der Waals surface area contributed by atoms with Gasteiger partial charge in [0.25, 0.3) is 0 Å². The number of halogens is 2. The molecule has 1 saturated carbocycles. The van der Waals surface area contributed by atoms with Crippen LogP contribution in [0.15, 0.2) is 18.2 Å². The third kappa shape index (κ3) is 4.92. The van der Waals surface area contributed by atoms with Crippen molar-refractivity contribution in [3.05, 3.63) is 28.2 Å². The Bertz CT molecular complexity index is 425. The molecule has 5 heteroatoms. The highest BCUT2D eigenvalue weighted by Gasteiger charge is 2.14. The smallest absolute Gasteiger partial charge is 0.319 e. The summed E-state index contributed by atoms with van der Waals surface area (Å²) in [5, 5.41) is 6.67. The number of rotatable bonds is 3. The van der Waals surface area contributed by atoms with Crippen LogP contribution in [0.3, 0.4) is 0 Å². The predicted octanol–water partition coefficient (Wildman–Crippen LogP) is 4.70. The lowest BCUT2D eigenvalue weighted by atomic mass is 9.89. The normalized spacial score (nSPS) is 16.1. The zero-order valence-electron chi connectivity index (χ0n) is 10.7. The Morgan fingerprint density at radius 1 is 1.11 bits per heavy atom. The van der Waals surface area contributed by atoms with Crippen molar-refractivity contribution in [1.82, 2.24) is 5.32 Å². The molecule has 0 aromatic heterocycles. The molecule has 0 bridgehead atoms. The first-order valence-electron chi connectivity index (χ1n) is 6.64. The maximum atomic E-state index is 11.8. The van der Waals surface area contributed by atoms with Gasteiger partial charge in [0, 0.05) is 22.3 Å². The Kier molecular flexibility index (Phi) is 5.34.